The van der Waals surface area contributed by atoms with Crippen molar-refractivity contribution in [3.8, 4) is 0 Å². The van der Waals surface area contributed by atoms with Gasteiger partial charge in [0.05, 0.1) is 6.33 Å². The van der Waals surface area contributed by atoms with Crippen LogP contribution in [0.4, 0.5) is 0 Å². The van der Waals surface area contributed by atoms with E-state index in [0.717, 1.165) is 23.8 Å². The number of fused-ring (bicyclic) bond motifs is 1. The number of aromatic nitrogens is 4. The highest BCUT2D eigenvalue weighted by molar-refractivity contribution is 5.79. The zero-order valence-corrected chi connectivity index (χ0v) is 15.6. The molecule has 0 unspecified atom stereocenters. The van der Waals surface area contributed by atoms with Crippen LogP contribution in [0.5, 0.6) is 0 Å². The maximum Gasteiger partial charge on any atom is 0.332 e. The van der Waals surface area contributed by atoms with Gasteiger partial charge in [-0.25, -0.2) is 9.78 Å². The van der Waals surface area contributed by atoms with Crippen molar-refractivity contribution >= 4 is 17.1 Å². The third-order valence-corrected chi connectivity index (χ3v) is 4.36. The molecular weight excluding hydrogens is 322 g/mol. The van der Waals surface area contributed by atoms with Gasteiger partial charge in [-0.1, -0.05) is 26.7 Å². The van der Waals surface area contributed by atoms with Crippen molar-refractivity contribution in [3.05, 3.63) is 27.2 Å². The lowest BCUT2D eigenvalue weighted by atomic mass is 10.0. The van der Waals surface area contributed by atoms with E-state index >= 15 is 0 Å². The first-order chi connectivity index (χ1) is 11.7. The molecule has 0 saturated carbocycles. The van der Waals surface area contributed by atoms with E-state index in [1.165, 1.54) is 22.5 Å². The summed E-state index contributed by atoms with van der Waals surface area (Å²) < 4.78 is 3.82. The number of hydrogen-bond acceptors (Lipinski definition) is 4. The average molecular weight is 349 g/mol. The molecule has 0 fully saturated rings. The Hall–Kier alpha value is -2.38. The Labute approximate surface area is 146 Å². The smallest absolute Gasteiger partial charge is 0.332 e. The molecule has 2 aromatic heterocycles. The van der Waals surface area contributed by atoms with Crippen LogP contribution in [-0.4, -0.2) is 30.6 Å². The van der Waals surface area contributed by atoms with Crippen molar-refractivity contribution < 1.29 is 4.79 Å². The topological polar surface area (TPSA) is 90.9 Å². The van der Waals surface area contributed by atoms with Gasteiger partial charge in [-0.15, -0.1) is 0 Å². The Bertz CT molecular complexity index is 875. The molecule has 25 heavy (non-hydrogen) atoms. The van der Waals surface area contributed by atoms with E-state index in [-0.39, 0.29) is 29.7 Å². The van der Waals surface area contributed by atoms with Gasteiger partial charge in [0.1, 0.15) is 6.54 Å². The minimum atomic E-state index is -0.451. The summed E-state index contributed by atoms with van der Waals surface area (Å²) in [6.45, 7) is 6.34. The lowest BCUT2D eigenvalue weighted by Gasteiger charge is -2.15. The van der Waals surface area contributed by atoms with Crippen LogP contribution in [0.2, 0.25) is 0 Å². The fourth-order valence-electron chi connectivity index (χ4n) is 2.90. The number of rotatable bonds is 7. The number of hydrogen-bond donors (Lipinski definition) is 1. The molecule has 1 atom stereocenters. The summed E-state index contributed by atoms with van der Waals surface area (Å²) in [5, 5.41) is 2.95. The van der Waals surface area contributed by atoms with Gasteiger partial charge in [-0.3, -0.25) is 18.7 Å². The monoisotopic (exact) mass is 349 g/mol. The summed E-state index contributed by atoms with van der Waals surface area (Å²) in [5.74, 6) is 0.482. The summed E-state index contributed by atoms with van der Waals surface area (Å²) >= 11 is 0. The van der Waals surface area contributed by atoms with Crippen LogP contribution in [-0.2, 0) is 25.4 Å². The normalized spacial score (nSPS) is 12.7. The van der Waals surface area contributed by atoms with Crippen LogP contribution < -0.4 is 16.6 Å². The van der Waals surface area contributed by atoms with E-state index < -0.39 is 11.2 Å². The van der Waals surface area contributed by atoms with Crippen LogP contribution in [0.1, 0.15) is 40.0 Å². The first-order valence-electron chi connectivity index (χ1n) is 8.62. The van der Waals surface area contributed by atoms with E-state index in [9.17, 15) is 14.4 Å². The van der Waals surface area contributed by atoms with E-state index in [0.29, 0.717) is 5.92 Å². The summed E-state index contributed by atoms with van der Waals surface area (Å²) in [7, 11) is 2.97. The molecule has 0 aromatic carbocycles. The van der Waals surface area contributed by atoms with Crippen molar-refractivity contribution in [1.82, 2.24) is 24.0 Å². The van der Waals surface area contributed by atoms with Crippen molar-refractivity contribution in [2.24, 2.45) is 20.0 Å². The molecule has 2 aromatic rings. The van der Waals surface area contributed by atoms with E-state index in [1.807, 2.05) is 6.92 Å². The second kappa shape index (κ2) is 7.67. The van der Waals surface area contributed by atoms with Crippen LogP contribution >= 0.6 is 0 Å². The molecular formula is C17H27N5O3. The SMILES string of the molecule is CC(C)CCC[C@H](C)NC(=O)Cn1cnc2c1c(=O)n(C)c(=O)n2C. The maximum absolute atomic E-state index is 12.3. The molecule has 8 nitrogen and oxygen atoms in total. The number of nitrogens with one attached hydrogen (secondary N) is 1. The molecule has 1 N–H and O–H groups in total. The van der Waals surface area contributed by atoms with E-state index in [2.05, 4.69) is 24.1 Å². The zero-order chi connectivity index (χ0) is 18.7. The molecule has 0 aliphatic carbocycles. The lowest BCUT2D eigenvalue weighted by molar-refractivity contribution is -0.122. The van der Waals surface area contributed by atoms with Gasteiger partial charge in [-0.05, 0) is 19.3 Å². The van der Waals surface area contributed by atoms with Crippen molar-refractivity contribution in [3.63, 3.8) is 0 Å². The fraction of sp³-hybridized carbons (Fsp3) is 0.647. The minimum absolute atomic E-state index is 0.00152. The molecule has 0 spiro atoms. The predicted octanol–water partition coefficient (Wildman–Crippen LogP) is 0.765. The molecule has 0 aliphatic rings. The van der Waals surface area contributed by atoms with Gasteiger partial charge in [0.25, 0.3) is 5.56 Å². The van der Waals surface area contributed by atoms with Crippen LogP contribution in [0.3, 0.4) is 0 Å². The molecule has 0 bridgehead atoms. The number of nitrogens with zero attached hydrogens (tertiary/aromatic N) is 4. The largest absolute Gasteiger partial charge is 0.352 e. The van der Waals surface area contributed by atoms with Crippen LogP contribution in [0, 0.1) is 5.92 Å². The molecule has 8 heteroatoms. The van der Waals surface area contributed by atoms with Crippen molar-refractivity contribution in [2.75, 3.05) is 0 Å². The fourth-order valence-corrected chi connectivity index (χ4v) is 2.90. The van der Waals surface area contributed by atoms with Gasteiger partial charge in [0.2, 0.25) is 5.91 Å². The number of aryl methyl sites for hydroxylation is 1. The number of carbonyl (C=O) groups excluding carboxylic acids is 1. The highest BCUT2D eigenvalue weighted by atomic mass is 16.2. The molecule has 0 radical (unpaired) electrons. The molecule has 2 heterocycles. The summed E-state index contributed by atoms with van der Waals surface area (Å²) in [5.41, 5.74) is -0.350. The number of imidazole rings is 1. The van der Waals surface area contributed by atoms with E-state index in [1.54, 1.807) is 7.05 Å². The van der Waals surface area contributed by atoms with Gasteiger partial charge < -0.3 is 9.88 Å². The Morgan fingerprint density at radius 3 is 2.48 bits per heavy atom. The molecule has 2 rings (SSSR count). The lowest BCUT2D eigenvalue weighted by Crippen LogP contribution is -2.38. The van der Waals surface area contributed by atoms with E-state index in [4.69, 9.17) is 0 Å². The summed E-state index contributed by atoms with van der Waals surface area (Å²) in [4.78, 5) is 40.7. The quantitative estimate of drug-likeness (QED) is 0.799. The average Bonchev–Trinajstić information content (AvgIpc) is 2.94. The zero-order valence-electron chi connectivity index (χ0n) is 15.6. The second-order valence-corrected chi connectivity index (χ2v) is 7.04. The third-order valence-electron chi connectivity index (χ3n) is 4.36. The molecule has 0 saturated heterocycles. The van der Waals surface area contributed by atoms with Crippen LogP contribution in [0.25, 0.3) is 11.2 Å². The highest BCUT2D eigenvalue weighted by Crippen LogP contribution is 2.09. The van der Waals surface area contributed by atoms with Crippen molar-refractivity contribution in [1.29, 1.82) is 0 Å². The van der Waals surface area contributed by atoms with Gasteiger partial charge in [0, 0.05) is 20.1 Å². The van der Waals surface area contributed by atoms with Gasteiger partial charge in [0.15, 0.2) is 11.2 Å². The Kier molecular flexibility index (Phi) is 5.81. The Balaban J connectivity index is 2.12. The summed E-state index contributed by atoms with van der Waals surface area (Å²) in [6.07, 6.45) is 4.55. The predicted molar refractivity (Wildman–Crippen MR) is 96.5 cm³/mol. The van der Waals surface area contributed by atoms with Gasteiger partial charge in [-0.2, -0.15) is 0 Å². The first kappa shape index (κ1) is 19.0. The summed E-state index contributed by atoms with van der Waals surface area (Å²) in [6, 6.07) is 0.0771. The van der Waals surface area contributed by atoms with Crippen LogP contribution in [0.15, 0.2) is 15.9 Å². The standard InChI is InChI=1S/C17H27N5O3/c1-11(2)7-6-8-12(3)19-13(23)9-22-10-18-15-14(22)16(24)21(5)17(25)20(15)4/h10-12H,6-9H2,1-5H3,(H,19,23)/t12-/m0/s1. The second-order valence-electron chi connectivity index (χ2n) is 7.04. The third kappa shape index (κ3) is 4.18. The molecule has 1 amide bonds. The number of carbonyl (C=O) groups is 1. The Morgan fingerprint density at radius 2 is 1.84 bits per heavy atom. The maximum atomic E-state index is 12.3. The molecule has 138 valence electrons. The number of amides is 1. The first-order valence-corrected chi connectivity index (χ1v) is 8.62. The molecule has 0 aliphatic heterocycles. The van der Waals surface area contributed by atoms with Gasteiger partial charge >= 0.3 is 5.69 Å². The minimum Gasteiger partial charge on any atom is -0.352 e. The van der Waals surface area contributed by atoms with Crippen molar-refractivity contribution in [2.45, 2.75) is 52.6 Å². The Morgan fingerprint density at radius 1 is 1.16 bits per heavy atom. The highest BCUT2D eigenvalue weighted by Gasteiger charge is 2.16.